The number of hydrogen-bond donors (Lipinski definition) is 0. The molecule has 0 aliphatic carbocycles. The molecule has 1 aliphatic heterocycles. The molecule has 0 aromatic rings. The van der Waals surface area contributed by atoms with Gasteiger partial charge >= 0.3 is 11.9 Å². The zero-order valence-corrected chi connectivity index (χ0v) is 12.0. The van der Waals surface area contributed by atoms with E-state index in [4.69, 9.17) is 18.9 Å². The molecule has 1 saturated heterocycles. The van der Waals surface area contributed by atoms with E-state index in [0.29, 0.717) is 0 Å². The SMILES string of the molecule is COC1C(C)[C@@H](OC(C)=O)C(COC(C)=O)O[C@H]1C. The minimum atomic E-state index is -0.488. The van der Waals surface area contributed by atoms with Crippen LogP contribution in [0.3, 0.4) is 0 Å². The van der Waals surface area contributed by atoms with Crippen molar-refractivity contribution in [1.29, 1.82) is 0 Å². The van der Waals surface area contributed by atoms with Crippen LogP contribution >= 0.6 is 0 Å². The summed E-state index contributed by atoms with van der Waals surface area (Å²) in [5.41, 5.74) is 0. The van der Waals surface area contributed by atoms with Crippen molar-refractivity contribution >= 4 is 11.9 Å². The van der Waals surface area contributed by atoms with Gasteiger partial charge in [0, 0.05) is 26.9 Å². The number of esters is 2. The van der Waals surface area contributed by atoms with Crippen molar-refractivity contribution in [2.24, 2.45) is 5.92 Å². The molecule has 0 spiro atoms. The summed E-state index contributed by atoms with van der Waals surface area (Å²) >= 11 is 0. The standard InChI is InChI=1S/C13H22O6/c1-7-12(16-5)8(2)18-11(6-17-9(3)14)13(7)19-10(4)15/h7-8,11-13H,6H2,1-5H3/t7?,8-,11?,12?,13+/m0/s1. The maximum absolute atomic E-state index is 11.2. The topological polar surface area (TPSA) is 71.1 Å². The van der Waals surface area contributed by atoms with Crippen LogP contribution in [-0.2, 0) is 28.5 Å². The van der Waals surface area contributed by atoms with Crippen LogP contribution in [0.15, 0.2) is 0 Å². The molecule has 1 fully saturated rings. The van der Waals surface area contributed by atoms with Crippen molar-refractivity contribution in [2.75, 3.05) is 13.7 Å². The Balaban J connectivity index is 2.80. The van der Waals surface area contributed by atoms with E-state index in [0.717, 1.165) is 0 Å². The summed E-state index contributed by atoms with van der Waals surface area (Å²) in [4.78, 5) is 22.1. The van der Waals surface area contributed by atoms with Gasteiger partial charge in [-0.2, -0.15) is 0 Å². The minimum Gasteiger partial charge on any atom is -0.463 e. The number of rotatable bonds is 4. The van der Waals surface area contributed by atoms with Gasteiger partial charge in [0.25, 0.3) is 0 Å². The molecule has 6 heteroatoms. The van der Waals surface area contributed by atoms with E-state index in [1.807, 2.05) is 13.8 Å². The third-order valence-electron chi connectivity index (χ3n) is 3.28. The van der Waals surface area contributed by atoms with Gasteiger partial charge < -0.3 is 18.9 Å². The van der Waals surface area contributed by atoms with E-state index in [2.05, 4.69) is 0 Å². The fraction of sp³-hybridized carbons (Fsp3) is 0.846. The van der Waals surface area contributed by atoms with Crippen LogP contribution in [-0.4, -0.2) is 50.1 Å². The molecule has 1 aliphatic rings. The van der Waals surface area contributed by atoms with Crippen LogP contribution in [0.4, 0.5) is 0 Å². The first-order chi connectivity index (χ1) is 8.86. The number of methoxy groups -OCH3 is 1. The van der Waals surface area contributed by atoms with Crippen LogP contribution in [0.2, 0.25) is 0 Å². The normalized spacial score (nSPS) is 34.7. The van der Waals surface area contributed by atoms with E-state index in [1.54, 1.807) is 7.11 Å². The molecule has 3 unspecified atom stereocenters. The van der Waals surface area contributed by atoms with E-state index in [9.17, 15) is 9.59 Å². The first kappa shape index (κ1) is 15.9. The van der Waals surface area contributed by atoms with Gasteiger partial charge in [-0.15, -0.1) is 0 Å². The molecule has 110 valence electrons. The summed E-state index contributed by atoms with van der Waals surface area (Å²) < 4.78 is 21.4. The molecule has 0 aromatic heterocycles. The monoisotopic (exact) mass is 274 g/mol. The molecule has 5 atom stereocenters. The van der Waals surface area contributed by atoms with Crippen molar-refractivity contribution in [1.82, 2.24) is 0 Å². The number of ether oxygens (including phenoxy) is 4. The molecule has 0 radical (unpaired) electrons. The lowest BCUT2D eigenvalue weighted by Crippen LogP contribution is -2.55. The lowest BCUT2D eigenvalue weighted by molar-refractivity contribution is -0.222. The van der Waals surface area contributed by atoms with Gasteiger partial charge in [0.1, 0.15) is 18.8 Å². The summed E-state index contributed by atoms with van der Waals surface area (Å²) in [5.74, 6) is -0.824. The predicted molar refractivity (Wildman–Crippen MR) is 66.5 cm³/mol. The zero-order valence-electron chi connectivity index (χ0n) is 12.0. The lowest BCUT2D eigenvalue weighted by Gasteiger charge is -2.43. The number of carbonyl (C=O) groups excluding carboxylic acids is 2. The van der Waals surface area contributed by atoms with Crippen LogP contribution < -0.4 is 0 Å². The third-order valence-corrected chi connectivity index (χ3v) is 3.28. The van der Waals surface area contributed by atoms with Crippen LogP contribution in [0.25, 0.3) is 0 Å². The Morgan fingerprint density at radius 3 is 2.21 bits per heavy atom. The zero-order chi connectivity index (χ0) is 14.6. The Morgan fingerprint density at radius 1 is 1.11 bits per heavy atom. The molecule has 0 bridgehead atoms. The molecule has 0 aromatic carbocycles. The smallest absolute Gasteiger partial charge is 0.303 e. The number of hydrogen-bond acceptors (Lipinski definition) is 6. The second kappa shape index (κ2) is 6.86. The first-order valence-corrected chi connectivity index (χ1v) is 6.35. The fourth-order valence-electron chi connectivity index (χ4n) is 2.50. The number of carbonyl (C=O) groups is 2. The van der Waals surface area contributed by atoms with Gasteiger partial charge in [-0.1, -0.05) is 6.92 Å². The minimum absolute atomic E-state index is 0.0433. The Morgan fingerprint density at radius 2 is 1.74 bits per heavy atom. The summed E-state index contributed by atoms with van der Waals surface area (Å²) in [6, 6.07) is 0. The average Bonchev–Trinajstić information content (AvgIpc) is 2.30. The van der Waals surface area contributed by atoms with Crippen LogP contribution in [0.5, 0.6) is 0 Å². The van der Waals surface area contributed by atoms with E-state index < -0.39 is 18.2 Å². The van der Waals surface area contributed by atoms with Gasteiger partial charge in [0.2, 0.25) is 0 Å². The molecule has 0 N–H and O–H groups in total. The highest BCUT2D eigenvalue weighted by molar-refractivity contribution is 5.66. The summed E-state index contributed by atoms with van der Waals surface area (Å²) in [5, 5.41) is 0. The Bertz CT molecular complexity index is 329. The van der Waals surface area contributed by atoms with Crippen molar-refractivity contribution in [3.8, 4) is 0 Å². The molecule has 19 heavy (non-hydrogen) atoms. The van der Waals surface area contributed by atoms with Gasteiger partial charge in [-0.3, -0.25) is 9.59 Å². The summed E-state index contributed by atoms with van der Waals surface area (Å²) in [6.45, 7) is 6.55. The highest BCUT2D eigenvalue weighted by Gasteiger charge is 2.44. The van der Waals surface area contributed by atoms with Gasteiger partial charge in [-0.05, 0) is 6.92 Å². The maximum atomic E-state index is 11.2. The van der Waals surface area contributed by atoms with Gasteiger partial charge in [-0.25, -0.2) is 0 Å². The molecule has 1 rings (SSSR count). The molecule has 1 heterocycles. The van der Waals surface area contributed by atoms with Gasteiger partial charge in [0.05, 0.1) is 12.2 Å². The van der Waals surface area contributed by atoms with E-state index in [-0.39, 0.29) is 30.7 Å². The first-order valence-electron chi connectivity index (χ1n) is 6.35. The predicted octanol–water partition coefficient (Wildman–Crippen LogP) is 0.920. The second-order valence-electron chi connectivity index (χ2n) is 4.82. The van der Waals surface area contributed by atoms with E-state index in [1.165, 1.54) is 13.8 Å². The maximum Gasteiger partial charge on any atom is 0.303 e. The molecular formula is C13H22O6. The molecule has 0 amide bonds. The van der Waals surface area contributed by atoms with Crippen LogP contribution in [0, 0.1) is 5.92 Å². The highest BCUT2D eigenvalue weighted by Crippen LogP contribution is 2.30. The van der Waals surface area contributed by atoms with Crippen LogP contribution in [0.1, 0.15) is 27.7 Å². The third kappa shape index (κ3) is 4.18. The van der Waals surface area contributed by atoms with Crippen molar-refractivity contribution in [2.45, 2.75) is 52.1 Å². The van der Waals surface area contributed by atoms with Crippen molar-refractivity contribution < 1.29 is 28.5 Å². The summed E-state index contributed by atoms with van der Waals surface area (Å²) in [6.07, 6.45) is -1.28. The quantitative estimate of drug-likeness (QED) is 0.710. The van der Waals surface area contributed by atoms with Crippen molar-refractivity contribution in [3.05, 3.63) is 0 Å². The Hall–Kier alpha value is -1.14. The fourth-order valence-corrected chi connectivity index (χ4v) is 2.50. The van der Waals surface area contributed by atoms with Crippen molar-refractivity contribution in [3.63, 3.8) is 0 Å². The molecular weight excluding hydrogens is 252 g/mol. The molecule has 6 nitrogen and oxygen atoms in total. The van der Waals surface area contributed by atoms with E-state index >= 15 is 0 Å². The summed E-state index contributed by atoms with van der Waals surface area (Å²) in [7, 11) is 1.60. The lowest BCUT2D eigenvalue weighted by atomic mass is 9.88. The highest BCUT2D eigenvalue weighted by atomic mass is 16.6. The van der Waals surface area contributed by atoms with Gasteiger partial charge in [0.15, 0.2) is 0 Å². The Kier molecular flexibility index (Phi) is 5.75. The Labute approximate surface area is 113 Å². The largest absolute Gasteiger partial charge is 0.463 e. The second-order valence-corrected chi connectivity index (χ2v) is 4.82. The average molecular weight is 274 g/mol. The molecule has 0 saturated carbocycles.